The van der Waals surface area contributed by atoms with Crippen LogP contribution in [-0.2, 0) is 9.59 Å². The van der Waals surface area contributed by atoms with Gasteiger partial charge in [-0.1, -0.05) is 24.3 Å². The molecule has 2 aliphatic heterocycles. The molecular weight excluding hydrogens is 224 g/mol. The number of primary amides is 1. The summed E-state index contributed by atoms with van der Waals surface area (Å²) in [4.78, 5) is 24.4. The molecule has 2 heterocycles. The van der Waals surface area contributed by atoms with Crippen molar-refractivity contribution in [1.82, 2.24) is 4.90 Å². The quantitative estimate of drug-likeness (QED) is 0.717. The Morgan fingerprint density at radius 2 is 2.25 bits per heavy atom. The van der Waals surface area contributed by atoms with Crippen LogP contribution in [0.15, 0.2) is 24.3 Å². The minimum Gasteiger partial charge on any atom is -0.367 e. The number of allylic oxidation sites excluding steroid dienone is 2. The molecule has 3 unspecified atom stereocenters. The van der Waals surface area contributed by atoms with E-state index in [1.807, 2.05) is 24.3 Å². The summed E-state index contributed by atoms with van der Waals surface area (Å²) in [6.07, 6.45) is 8.86. The summed E-state index contributed by atoms with van der Waals surface area (Å²) in [6.45, 7) is 0. The van der Waals surface area contributed by atoms with Crippen molar-refractivity contribution in [3.05, 3.63) is 24.3 Å². The van der Waals surface area contributed by atoms with Gasteiger partial charge in [-0.25, -0.2) is 0 Å². The number of carbonyl (C=O) groups is 2. The van der Waals surface area contributed by atoms with E-state index >= 15 is 0 Å². The van der Waals surface area contributed by atoms with Crippen LogP contribution in [0.5, 0.6) is 0 Å². The van der Waals surface area contributed by atoms with Crippen LogP contribution < -0.4 is 5.73 Å². The third-order valence-electron chi connectivity index (χ3n) is 3.41. The van der Waals surface area contributed by atoms with Crippen LogP contribution in [0.2, 0.25) is 0 Å². The van der Waals surface area contributed by atoms with Gasteiger partial charge in [0.1, 0.15) is 0 Å². The van der Waals surface area contributed by atoms with Crippen molar-refractivity contribution in [2.24, 2.45) is 5.73 Å². The lowest BCUT2D eigenvalue weighted by atomic mass is 10.1. The van der Waals surface area contributed by atoms with Crippen molar-refractivity contribution in [2.75, 3.05) is 0 Å². The molecule has 5 heteroatoms. The zero-order valence-corrected chi connectivity index (χ0v) is 9.44. The van der Waals surface area contributed by atoms with Crippen LogP contribution in [-0.4, -0.2) is 32.9 Å². The van der Waals surface area contributed by atoms with E-state index in [0.717, 1.165) is 0 Å². The van der Waals surface area contributed by atoms with E-state index in [2.05, 4.69) is 0 Å². The fourth-order valence-electron chi connectivity index (χ4n) is 2.68. The minimum atomic E-state index is -0.800. The normalized spacial score (nSPS) is 40.0. The number of amides is 2. The Morgan fingerprint density at radius 1 is 1.50 bits per heavy atom. The zero-order chi connectivity index (χ0) is 11.3. The van der Waals surface area contributed by atoms with Gasteiger partial charge in [0.15, 0.2) is 4.87 Å². The molecule has 2 fully saturated rings. The van der Waals surface area contributed by atoms with Crippen molar-refractivity contribution in [3.63, 3.8) is 0 Å². The first-order valence-corrected chi connectivity index (χ1v) is 6.18. The molecule has 3 rings (SSSR count). The number of fused-ring (bicyclic) bond motifs is 3. The monoisotopic (exact) mass is 236 g/mol. The smallest absolute Gasteiger partial charge is 0.254 e. The molecule has 2 amide bonds. The summed E-state index contributed by atoms with van der Waals surface area (Å²) in [5.41, 5.74) is 5.49. The van der Waals surface area contributed by atoms with E-state index in [1.54, 1.807) is 4.90 Å². The molecule has 0 aromatic rings. The van der Waals surface area contributed by atoms with Crippen LogP contribution in [0.25, 0.3) is 0 Å². The Balaban J connectivity index is 2.06. The molecule has 0 bridgehead atoms. The number of nitrogens with two attached hydrogens (primary N) is 1. The maximum absolute atomic E-state index is 11.9. The summed E-state index contributed by atoms with van der Waals surface area (Å²) >= 11 is 1.52. The molecule has 16 heavy (non-hydrogen) atoms. The van der Waals surface area contributed by atoms with Crippen molar-refractivity contribution in [1.29, 1.82) is 0 Å². The number of hydrogen-bond donors (Lipinski definition) is 1. The Hall–Kier alpha value is -1.23. The lowest BCUT2D eigenvalue weighted by Gasteiger charge is -2.30. The first-order valence-electron chi connectivity index (χ1n) is 5.30. The van der Waals surface area contributed by atoms with Crippen molar-refractivity contribution in [3.8, 4) is 0 Å². The number of nitrogens with zero attached hydrogens (tertiary/aromatic N) is 1. The Labute approximate surface area is 97.5 Å². The summed E-state index contributed by atoms with van der Waals surface area (Å²) in [5, 5.41) is 0.168. The lowest BCUT2D eigenvalue weighted by molar-refractivity contribution is -0.135. The van der Waals surface area contributed by atoms with Crippen LogP contribution in [0.4, 0.5) is 0 Å². The Kier molecular flexibility index (Phi) is 1.95. The predicted octanol–water partition coefficient (Wildman–Crippen LogP) is 0.400. The highest BCUT2D eigenvalue weighted by molar-refractivity contribution is 8.02. The number of hydrogen-bond acceptors (Lipinski definition) is 3. The van der Waals surface area contributed by atoms with Gasteiger partial charge in [-0.2, -0.15) is 0 Å². The van der Waals surface area contributed by atoms with Gasteiger partial charge in [-0.15, -0.1) is 11.8 Å². The standard InChI is InChI=1S/C11H12N2O2S/c12-10(15)11-6-5-9(14)13(11)7-3-1-2-4-8(7)16-11/h1-4,7-8H,5-6H2,(H2,12,15). The van der Waals surface area contributed by atoms with Gasteiger partial charge in [0.2, 0.25) is 5.91 Å². The van der Waals surface area contributed by atoms with E-state index in [-0.39, 0.29) is 23.1 Å². The van der Waals surface area contributed by atoms with Gasteiger partial charge in [0, 0.05) is 6.42 Å². The molecule has 3 aliphatic rings. The summed E-state index contributed by atoms with van der Waals surface area (Å²) < 4.78 is 0. The van der Waals surface area contributed by atoms with Crippen LogP contribution >= 0.6 is 11.8 Å². The van der Waals surface area contributed by atoms with E-state index in [0.29, 0.717) is 12.8 Å². The second kappa shape index (κ2) is 3.13. The molecule has 0 radical (unpaired) electrons. The fraction of sp³-hybridized carbons (Fsp3) is 0.455. The minimum absolute atomic E-state index is 0.00231. The van der Waals surface area contributed by atoms with Crippen molar-refractivity contribution in [2.45, 2.75) is 29.0 Å². The van der Waals surface area contributed by atoms with Crippen LogP contribution in [0, 0.1) is 0 Å². The second-order valence-corrected chi connectivity index (χ2v) is 5.71. The van der Waals surface area contributed by atoms with E-state index in [9.17, 15) is 9.59 Å². The molecule has 1 aliphatic carbocycles. The second-order valence-electron chi connectivity index (χ2n) is 4.26. The highest BCUT2D eigenvalue weighted by Gasteiger charge is 2.60. The lowest BCUT2D eigenvalue weighted by Crippen LogP contribution is -2.51. The molecule has 2 N–H and O–H groups in total. The SMILES string of the molecule is NC(=O)C12CCC(=O)N1C1C=CC=CC1S2. The highest BCUT2D eigenvalue weighted by Crippen LogP contribution is 2.52. The molecular formula is C11H12N2O2S. The van der Waals surface area contributed by atoms with Crippen molar-refractivity contribution < 1.29 is 9.59 Å². The largest absolute Gasteiger partial charge is 0.367 e. The molecule has 0 aromatic heterocycles. The fourth-order valence-corrected chi connectivity index (χ4v) is 4.33. The summed E-state index contributed by atoms with van der Waals surface area (Å²) in [6, 6.07) is -0.00231. The average molecular weight is 236 g/mol. The van der Waals surface area contributed by atoms with E-state index in [1.165, 1.54) is 11.8 Å². The molecule has 4 nitrogen and oxygen atoms in total. The summed E-state index contributed by atoms with van der Waals surface area (Å²) in [7, 11) is 0. The molecule has 2 saturated heterocycles. The Morgan fingerprint density at radius 3 is 3.00 bits per heavy atom. The maximum atomic E-state index is 11.9. The van der Waals surface area contributed by atoms with Gasteiger partial charge < -0.3 is 10.6 Å². The zero-order valence-electron chi connectivity index (χ0n) is 8.63. The number of carbonyl (C=O) groups excluding carboxylic acids is 2. The average Bonchev–Trinajstić information content (AvgIpc) is 2.75. The van der Waals surface area contributed by atoms with Gasteiger partial charge in [-0.05, 0) is 6.42 Å². The number of thioether (sulfide) groups is 1. The summed E-state index contributed by atoms with van der Waals surface area (Å²) in [5.74, 6) is -0.349. The number of rotatable bonds is 1. The molecule has 0 spiro atoms. The van der Waals surface area contributed by atoms with Crippen LogP contribution in [0.3, 0.4) is 0 Å². The third kappa shape index (κ3) is 1.06. The predicted molar refractivity (Wildman–Crippen MR) is 61.5 cm³/mol. The molecule has 0 aromatic carbocycles. The Bertz CT molecular complexity index is 432. The molecule has 84 valence electrons. The van der Waals surface area contributed by atoms with Gasteiger partial charge in [0.05, 0.1) is 11.3 Å². The highest BCUT2D eigenvalue weighted by atomic mass is 32.2. The molecule has 3 atom stereocenters. The van der Waals surface area contributed by atoms with Gasteiger partial charge in [-0.3, -0.25) is 9.59 Å². The maximum Gasteiger partial charge on any atom is 0.254 e. The van der Waals surface area contributed by atoms with Gasteiger partial charge >= 0.3 is 0 Å². The van der Waals surface area contributed by atoms with Crippen LogP contribution in [0.1, 0.15) is 12.8 Å². The van der Waals surface area contributed by atoms with E-state index < -0.39 is 4.87 Å². The topological polar surface area (TPSA) is 63.4 Å². The van der Waals surface area contributed by atoms with Gasteiger partial charge in [0.25, 0.3) is 5.91 Å². The van der Waals surface area contributed by atoms with E-state index in [4.69, 9.17) is 5.73 Å². The molecule has 0 saturated carbocycles. The first kappa shape index (κ1) is 9.96. The first-order chi connectivity index (χ1) is 7.65. The van der Waals surface area contributed by atoms with Crippen molar-refractivity contribution >= 4 is 23.6 Å². The third-order valence-corrected chi connectivity index (χ3v) is 5.11.